The molecule has 0 bridgehead atoms. The van der Waals surface area contributed by atoms with E-state index in [4.69, 9.17) is 5.73 Å². The van der Waals surface area contributed by atoms with Gasteiger partial charge in [0.2, 0.25) is 0 Å². The Kier molecular flexibility index (Phi) is 1.31. The van der Waals surface area contributed by atoms with Crippen LogP contribution in [-0.4, -0.2) is 5.78 Å². The Balaban J connectivity index is 2.18. The number of carbonyl (C=O) groups excluding carboxylic acids is 1. The third-order valence-electron chi connectivity index (χ3n) is 2.89. The summed E-state index contributed by atoms with van der Waals surface area (Å²) < 4.78 is 0. The van der Waals surface area contributed by atoms with E-state index in [0.717, 1.165) is 18.5 Å². The molecule has 0 aromatic heterocycles. The van der Waals surface area contributed by atoms with E-state index < -0.39 is 0 Å². The van der Waals surface area contributed by atoms with Crippen LogP contribution < -0.4 is 5.73 Å². The smallest absolute Gasteiger partial charge is 0.157 e. The monoisotopic (exact) mass is 151 g/mol. The fourth-order valence-corrected chi connectivity index (χ4v) is 2.20. The quantitative estimate of drug-likeness (QED) is 0.568. The molecule has 0 aromatic carbocycles. The Morgan fingerprint density at radius 3 is 2.55 bits per heavy atom. The molecule has 0 radical (unpaired) electrons. The van der Waals surface area contributed by atoms with Crippen molar-refractivity contribution in [2.24, 2.45) is 11.1 Å². The van der Waals surface area contributed by atoms with E-state index in [0.29, 0.717) is 5.41 Å². The van der Waals surface area contributed by atoms with Crippen LogP contribution in [0.25, 0.3) is 0 Å². The van der Waals surface area contributed by atoms with Crippen LogP contribution in [0.1, 0.15) is 32.1 Å². The minimum absolute atomic E-state index is 0.230. The van der Waals surface area contributed by atoms with Gasteiger partial charge in [0.15, 0.2) is 5.78 Å². The van der Waals surface area contributed by atoms with Crippen molar-refractivity contribution in [2.75, 3.05) is 0 Å². The Bertz CT molecular complexity index is 226. The lowest BCUT2D eigenvalue weighted by molar-refractivity contribution is -0.119. The van der Waals surface area contributed by atoms with Crippen molar-refractivity contribution < 1.29 is 4.79 Å². The molecule has 1 fully saturated rings. The molecule has 2 aliphatic rings. The van der Waals surface area contributed by atoms with Crippen LogP contribution in [0, 0.1) is 5.41 Å². The van der Waals surface area contributed by atoms with E-state index in [-0.39, 0.29) is 5.78 Å². The lowest BCUT2D eigenvalue weighted by Gasteiger charge is -2.43. The highest BCUT2D eigenvalue weighted by atomic mass is 16.1. The number of hydrogen-bond acceptors (Lipinski definition) is 2. The summed E-state index contributed by atoms with van der Waals surface area (Å²) in [5.74, 6) is 0.230. The zero-order valence-electron chi connectivity index (χ0n) is 6.60. The molecular weight excluding hydrogens is 138 g/mol. The maximum atomic E-state index is 11.1. The summed E-state index contributed by atoms with van der Waals surface area (Å²) in [7, 11) is 0. The summed E-state index contributed by atoms with van der Waals surface area (Å²) >= 11 is 0. The van der Waals surface area contributed by atoms with Crippen LogP contribution in [0.15, 0.2) is 11.8 Å². The van der Waals surface area contributed by atoms with Gasteiger partial charge in [0.1, 0.15) is 0 Å². The molecule has 0 saturated heterocycles. The van der Waals surface area contributed by atoms with Gasteiger partial charge in [0.25, 0.3) is 0 Å². The first-order valence-corrected chi connectivity index (χ1v) is 4.19. The zero-order chi connectivity index (χ0) is 7.90. The van der Waals surface area contributed by atoms with Gasteiger partial charge in [-0.15, -0.1) is 0 Å². The predicted molar refractivity (Wildman–Crippen MR) is 42.8 cm³/mol. The second-order valence-electron chi connectivity index (χ2n) is 3.89. The van der Waals surface area contributed by atoms with Gasteiger partial charge in [-0.2, -0.15) is 0 Å². The van der Waals surface area contributed by atoms with Gasteiger partial charge < -0.3 is 5.73 Å². The molecule has 60 valence electrons. The standard InChI is InChI=1S/C9H13NO/c10-7-4-8(11)6-9(5-7)2-1-3-9/h4H,1-3,5-6,10H2. The Morgan fingerprint density at radius 1 is 1.36 bits per heavy atom. The van der Waals surface area contributed by atoms with Crippen LogP contribution >= 0.6 is 0 Å². The average Bonchev–Trinajstić information content (AvgIpc) is 1.82. The number of hydrogen-bond donors (Lipinski definition) is 1. The molecule has 0 unspecified atom stereocenters. The molecule has 0 amide bonds. The van der Waals surface area contributed by atoms with Crippen LogP contribution in [0.2, 0.25) is 0 Å². The molecule has 0 aromatic rings. The van der Waals surface area contributed by atoms with Crippen molar-refractivity contribution in [3.63, 3.8) is 0 Å². The Hall–Kier alpha value is -0.790. The fourth-order valence-electron chi connectivity index (χ4n) is 2.20. The van der Waals surface area contributed by atoms with Crippen molar-refractivity contribution in [1.29, 1.82) is 0 Å². The molecule has 1 saturated carbocycles. The SMILES string of the molecule is NC1=CC(=O)CC2(CCC2)C1. The second-order valence-corrected chi connectivity index (χ2v) is 3.89. The molecule has 11 heavy (non-hydrogen) atoms. The lowest BCUT2D eigenvalue weighted by Crippen LogP contribution is -2.36. The van der Waals surface area contributed by atoms with Gasteiger partial charge in [-0.25, -0.2) is 0 Å². The van der Waals surface area contributed by atoms with Gasteiger partial charge in [-0.3, -0.25) is 4.79 Å². The molecule has 2 rings (SSSR count). The second kappa shape index (κ2) is 2.10. The third kappa shape index (κ3) is 1.06. The van der Waals surface area contributed by atoms with Crippen LogP contribution in [0.5, 0.6) is 0 Å². The number of carbonyl (C=O) groups is 1. The van der Waals surface area contributed by atoms with E-state index in [9.17, 15) is 4.79 Å². The van der Waals surface area contributed by atoms with E-state index in [1.165, 1.54) is 19.3 Å². The Morgan fingerprint density at radius 2 is 2.09 bits per heavy atom. The molecule has 0 atom stereocenters. The molecule has 2 aliphatic carbocycles. The summed E-state index contributed by atoms with van der Waals surface area (Å²) in [6, 6.07) is 0. The highest BCUT2D eigenvalue weighted by Gasteiger charge is 2.40. The summed E-state index contributed by atoms with van der Waals surface area (Å²) in [4.78, 5) is 11.1. The van der Waals surface area contributed by atoms with E-state index in [1.54, 1.807) is 6.08 Å². The summed E-state index contributed by atoms with van der Waals surface area (Å²) in [6.45, 7) is 0. The van der Waals surface area contributed by atoms with E-state index >= 15 is 0 Å². The normalized spacial score (nSPS) is 28.0. The topological polar surface area (TPSA) is 43.1 Å². The fraction of sp³-hybridized carbons (Fsp3) is 0.667. The van der Waals surface area contributed by atoms with Gasteiger partial charge in [0.05, 0.1) is 0 Å². The maximum Gasteiger partial charge on any atom is 0.157 e. The van der Waals surface area contributed by atoms with Crippen molar-refractivity contribution in [3.8, 4) is 0 Å². The summed E-state index contributed by atoms with van der Waals surface area (Å²) in [6.07, 6.45) is 6.98. The summed E-state index contributed by atoms with van der Waals surface area (Å²) in [5, 5.41) is 0. The average molecular weight is 151 g/mol. The van der Waals surface area contributed by atoms with Crippen molar-refractivity contribution in [2.45, 2.75) is 32.1 Å². The first-order chi connectivity index (χ1) is 5.20. The van der Waals surface area contributed by atoms with Crippen molar-refractivity contribution in [3.05, 3.63) is 11.8 Å². The lowest BCUT2D eigenvalue weighted by atomic mass is 9.61. The van der Waals surface area contributed by atoms with Gasteiger partial charge in [0, 0.05) is 12.1 Å². The maximum absolute atomic E-state index is 11.1. The first kappa shape index (κ1) is 6.89. The molecule has 1 spiro atoms. The minimum atomic E-state index is 0.230. The molecule has 0 aliphatic heterocycles. The largest absolute Gasteiger partial charge is 0.402 e. The number of allylic oxidation sites excluding steroid dienone is 2. The Labute approximate surface area is 66.5 Å². The first-order valence-electron chi connectivity index (χ1n) is 4.19. The molecule has 2 N–H and O–H groups in total. The van der Waals surface area contributed by atoms with Gasteiger partial charge in [-0.1, -0.05) is 6.42 Å². The van der Waals surface area contributed by atoms with Gasteiger partial charge >= 0.3 is 0 Å². The molecule has 2 nitrogen and oxygen atoms in total. The van der Waals surface area contributed by atoms with Crippen molar-refractivity contribution >= 4 is 5.78 Å². The van der Waals surface area contributed by atoms with Crippen LogP contribution in [0.4, 0.5) is 0 Å². The summed E-state index contributed by atoms with van der Waals surface area (Å²) in [5.41, 5.74) is 6.74. The van der Waals surface area contributed by atoms with Crippen LogP contribution in [-0.2, 0) is 4.79 Å². The molecule has 0 heterocycles. The highest BCUT2D eigenvalue weighted by Crippen LogP contribution is 2.49. The molecular formula is C9H13NO. The van der Waals surface area contributed by atoms with Crippen molar-refractivity contribution in [1.82, 2.24) is 0 Å². The minimum Gasteiger partial charge on any atom is -0.402 e. The number of rotatable bonds is 0. The third-order valence-corrected chi connectivity index (χ3v) is 2.89. The predicted octanol–water partition coefficient (Wildman–Crippen LogP) is 1.36. The van der Waals surface area contributed by atoms with E-state index in [2.05, 4.69) is 0 Å². The number of nitrogens with two attached hydrogens (primary N) is 1. The van der Waals surface area contributed by atoms with Crippen LogP contribution in [0.3, 0.4) is 0 Å². The van der Waals surface area contributed by atoms with Gasteiger partial charge in [-0.05, 0) is 30.8 Å². The highest BCUT2D eigenvalue weighted by molar-refractivity contribution is 5.91. The zero-order valence-corrected chi connectivity index (χ0v) is 6.60. The molecule has 2 heteroatoms. The van der Waals surface area contributed by atoms with E-state index in [1.807, 2.05) is 0 Å². The number of ketones is 1.